The van der Waals surface area contributed by atoms with Gasteiger partial charge < -0.3 is 0 Å². The molecule has 0 aromatic heterocycles. The van der Waals surface area contributed by atoms with Crippen molar-refractivity contribution >= 4 is 27.2 Å². The van der Waals surface area contributed by atoms with E-state index in [0.717, 1.165) is 0 Å². The van der Waals surface area contributed by atoms with Crippen LogP contribution in [0.3, 0.4) is 0 Å². The van der Waals surface area contributed by atoms with Gasteiger partial charge >= 0.3 is 0 Å². The van der Waals surface area contributed by atoms with E-state index in [4.69, 9.17) is 11.6 Å². The van der Waals surface area contributed by atoms with E-state index >= 15 is 0 Å². The molecule has 0 unspecified atom stereocenters. The molecule has 3 nitrogen and oxygen atoms in total. The van der Waals surface area contributed by atoms with E-state index in [1.807, 2.05) is 0 Å². The molecule has 0 aliphatic rings. The van der Waals surface area contributed by atoms with E-state index in [1.165, 1.54) is 36.4 Å². The summed E-state index contributed by atoms with van der Waals surface area (Å²) < 4.78 is 24.5. The Morgan fingerprint density at radius 3 is 1.95 bits per heavy atom. The maximum atomic E-state index is 12.3. The summed E-state index contributed by atoms with van der Waals surface area (Å²) in [5, 5.41) is 0. The zero-order valence-electron chi connectivity index (χ0n) is 9.91. The van der Waals surface area contributed by atoms with Gasteiger partial charge in [0.15, 0.2) is 5.78 Å². The molecule has 98 valence electrons. The van der Waals surface area contributed by atoms with Crippen LogP contribution in [0.4, 0.5) is 0 Å². The highest BCUT2D eigenvalue weighted by Crippen LogP contribution is 2.20. The van der Waals surface area contributed by atoms with Gasteiger partial charge in [-0.15, -0.1) is 11.6 Å². The highest BCUT2D eigenvalue weighted by molar-refractivity contribution is 7.91. The molecule has 0 saturated carbocycles. The Kier molecular flexibility index (Phi) is 4.02. The van der Waals surface area contributed by atoms with Crippen molar-refractivity contribution in [3.8, 4) is 0 Å². The number of carbonyl (C=O) groups is 1. The number of benzene rings is 2. The lowest BCUT2D eigenvalue weighted by molar-refractivity contribution is 0.102. The zero-order valence-corrected chi connectivity index (χ0v) is 11.5. The van der Waals surface area contributed by atoms with Crippen molar-refractivity contribution < 1.29 is 13.2 Å². The van der Waals surface area contributed by atoms with Crippen LogP contribution < -0.4 is 0 Å². The summed E-state index contributed by atoms with van der Waals surface area (Å²) in [5.41, 5.74) is 0.405. The van der Waals surface area contributed by atoms with Crippen molar-refractivity contribution in [2.24, 2.45) is 0 Å². The van der Waals surface area contributed by atoms with Crippen molar-refractivity contribution in [3.05, 3.63) is 60.2 Å². The molecular weight excluding hydrogens is 284 g/mol. The van der Waals surface area contributed by atoms with Crippen molar-refractivity contribution in [3.63, 3.8) is 0 Å². The van der Waals surface area contributed by atoms with Crippen molar-refractivity contribution in [2.75, 3.05) is 5.88 Å². The first kappa shape index (κ1) is 13.8. The van der Waals surface area contributed by atoms with Crippen LogP contribution >= 0.6 is 11.6 Å². The average molecular weight is 295 g/mol. The topological polar surface area (TPSA) is 51.2 Å². The Hall–Kier alpha value is -1.65. The van der Waals surface area contributed by atoms with Gasteiger partial charge in [-0.3, -0.25) is 4.79 Å². The number of halogens is 1. The highest BCUT2D eigenvalue weighted by atomic mass is 35.5. The summed E-state index contributed by atoms with van der Waals surface area (Å²) in [6.45, 7) is 0. The lowest BCUT2D eigenvalue weighted by Gasteiger charge is -2.05. The van der Waals surface area contributed by atoms with Gasteiger partial charge in [-0.25, -0.2) is 8.42 Å². The molecule has 19 heavy (non-hydrogen) atoms. The van der Waals surface area contributed by atoms with Gasteiger partial charge in [-0.05, 0) is 24.3 Å². The number of alkyl halides is 1. The number of sulfone groups is 1. The predicted octanol–water partition coefficient (Wildman–Crippen LogP) is 2.94. The van der Waals surface area contributed by atoms with Crippen molar-refractivity contribution in [2.45, 2.75) is 9.79 Å². The Morgan fingerprint density at radius 1 is 0.895 bits per heavy atom. The van der Waals surface area contributed by atoms with Crippen LogP contribution in [0.2, 0.25) is 0 Å². The second kappa shape index (κ2) is 5.55. The third-order valence-electron chi connectivity index (χ3n) is 2.66. The van der Waals surface area contributed by atoms with Gasteiger partial charge in [0.05, 0.1) is 15.7 Å². The van der Waals surface area contributed by atoms with Crippen LogP contribution in [0.5, 0.6) is 0 Å². The number of hydrogen-bond acceptors (Lipinski definition) is 3. The summed E-state index contributed by atoms with van der Waals surface area (Å²) in [7, 11) is -3.53. The normalized spacial score (nSPS) is 11.2. The molecule has 0 saturated heterocycles. The molecule has 0 amide bonds. The summed E-state index contributed by atoms with van der Waals surface area (Å²) in [6.07, 6.45) is 0. The molecular formula is C14H11ClO3S. The monoisotopic (exact) mass is 294 g/mol. The van der Waals surface area contributed by atoms with Crippen LogP contribution in [0.1, 0.15) is 10.4 Å². The number of hydrogen-bond donors (Lipinski definition) is 0. The molecule has 2 aromatic rings. The second-order valence-electron chi connectivity index (χ2n) is 3.90. The van der Waals surface area contributed by atoms with Crippen molar-refractivity contribution in [1.82, 2.24) is 0 Å². The summed E-state index contributed by atoms with van der Waals surface area (Å²) >= 11 is 5.44. The van der Waals surface area contributed by atoms with Crippen LogP contribution in [-0.4, -0.2) is 20.1 Å². The third-order valence-corrected chi connectivity index (χ3v) is 4.69. The molecule has 0 aliphatic heterocycles. The largest absolute Gasteiger partial charge is 0.293 e. The number of Topliss-reactive ketones (excluding diaryl/α,β-unsaturated/α-hetero) is 1. The average Bonchev–Trinajstić information content (AvgIpc) is 2.47. The molecule has 2 aromatic carbocycles. The van der Waals surface area contributed by atoms with E-state index in [0.29, 0.717) is 5.56 Å². The molecule has 0 radical (unpaired) electrons. The van der Waals surface area contributed by atoms with Gasteiger partial charge in [0.1, 0.15) is 0 Å². The fourth-order valence-electron chi connectivity index (χ4n) is 1.63. The number of ketones is 1. The minimum atomic E-state index is -3.53. The molecule has 0 atom stereocenters. The Labute approximate surface area is 116 Å². The lowest BCUT2D eigenvalue weighted by atomic mass is 10.1. The van der Waals surface area contributed by atoms with Crippen LogP contribution in [-0.2, 0) is 9.84 Å². The predicted molar refractivity (Wildman–Crippen MR) is 73.4 cm³/mol. The molecule has 0 N–H and O–H groups in total. The standard InChI is InChI=1S/C14H11ClO3S/c15-10-14(16)11-6-8-13(9-7-11)19(17,18)12-4-2-1-3-5-12/h1-9H,10H2. The Bertz CT molecular complexity index is 676. The Balaban J connectivity index is 2.40. The first-order chi connectivity index (χ1) is 9.05. The molecule has 0 spiro atoms. The third kappa shape index (κ3) is 2.85. The zero-order chi connectivity index (χ0) is 13.9. The summed E-state index contributed by atoms with van der Waals surface area (Å²) in [6, 6.07) is 13.9. The van der Waals surface area contributed by atoms with Crippen molar-refractivity contribution in [1.29, 1.82) is 0 Å². The molecule has 0 fully saturated rings. The first-order valence-electron chi connectivity index (χ1n) is 5.55. The highest BCUT2D eigenvalue weighted by Gasteiger charge is 2.17. The maximum Gasteiger partial charge on any atom is 0.206 e. The number of carbonyl (C=O) groups excluding carboxylic acids is 1. The van der Waals surface area contributed by atoms with Crippen LogP contribution in [0.15, 0.2) is 64.4 Å². The molecule has 2 rings (SSSR count). The van der Waals surface area contributed by atoms with Crippen LogP contribution in [0, 0.1) is 0 Å². The first-order valence-corrected chi connectivity index (χ1v) is 7.57. The molecule has 0 heterocycles. The van der Waals surface area contributed by atoms with Gasteiger partial charge in [0, 0.05) is 5.56 Å². The Morgan fingerprint density at radius 2 is 1.42 bits per heavy atom. The number of rotatable bonds is 4. The van der Waals surface area contributed by atoms with E-state index in [2.05, 4.69) is 0 Å². The van der Waals surface area contributed by atoms with Gasteiger partial charge in [0.25, 0.3) is 0 Å². The maximum absolute atomic E-state index is 12.3. The molecule has 0 aliphatic carbocycles. The summed E-state index contributed by atoms with van der Waals surface area (Å²) in [5.74, 6) is -0.351. The fourth-order valence-corrected chi connectivity index (χ4v) is 3.07. The van der Waals surface area contributed by atoms with E-state index in [-0.39, 0.29) is 21.5 Å². The van der Waals surface area contributed by atoms with Gasteiger partial charge in [-0.1, -0.05) is 30.3 Å². The SMILES string of the molecule is O=C(CCl)c1ccc(S(=O)(=O)c2ccccc2)cc1. The second-order valence-corrected chi connectivity index (χ2v) is 6.11. The minimum absolute atomic E-state index is 0.120. The fraction of sp³-hybridized carbons (Fsp3) is 0.0714. The lowest BCUT2D eigenvalue weighted by Crippen LogP contribution is -2.04. The van der Waals surface area contributed by atoms with E-state index < -0.39 is 9.84 Å². The van der Waals surface area contributed by atoms with E-state index in [1.54, 1.807) is 18.2 Å². The quantitative estimate of drug-likeness (QED) is 0.643. The molecule has 5 heteroatoms. The summed E-state index contributed by atoms with van der Waals surface area (Å²) in [4.78, 5) is 11.7. The van der Waals surface area contributed by atoms with Gasteiger partial charge in [0.2, 0.25) is 9.84 Å². The van der Waals surface area contributed by atoms with E-state index in [9.17, 15) is 13.2 Å². The van der Waals surface area contributed by atoms with Gasteiger partial charge in [-0.2, -0.15) is 0 Å². The van der Waals surface area contributed by atoms with Crippen LogP contribution in [0.25, 0.3) is 0 Å². The minimum Gasteiger partial charge on any atom is -0.293 e. The molecule has 0 bridgehead atoms. The smallest absolute Gasteiger partial charge is 0.206 e.